The topological polar surface area (TPSA) is 49.8 Å². The first-order valence-corrected chi connectivity index (χ1v) is 5.58. The zero-order valence-corrected chi connectivity index (χ0v) is 10.7. The van der Waals surface area contributed by atoms with Crippen LogP contribution in [0.3, 0.4) is 0 Å². The number of hydrogen-bond donors (Lipinski definition) is 1. The first kappa shape index (κ1) is 13.4. The van der Waals surface area contributed by atoms with Crippen molar-refractivity contribution in [3.8, 4) is 11.5 Å². The van der Waals surface area contributed by atoms with Gasteiger partial charge in [0.15, 0.2) is 11.5 Å². The van der Waals surface area contributed by atoms with E-state index in [1.807, 2.05) is 0 Å². The fourth-order valence-electron chi connectivity index (χ4n) is 1.67. The van der Waals surface area contributed by atoms with Crippen molar-refractivity contribution < 1.29 is 14.6 Å². The largest absolute Gasteiger partial charge is 0.504 e. The number of benzene rings is 1. The molecule has 0 spiro atoms. The molecular weight excluding hydrogens is 218 g/mol. The van der Waals surface area contributed by atoms with Crippen LogP contribution in [-0.2, 0) is 0 Å². The van der Waals surface area contributed by atoms with Gasteiger partial charge >= 0.3 is 0 Å². The van der Waals surface area contributed by atoms with E-state index in [2.05, 4.69) is 13.8 Å². The fraction of sp³-hybridized carbons (Fsp3) is 0.462. The Morgan fingerprint density at radius 3 is 2.59 bits per heavy atom. The molecule has 4 heteroatoms. The van der Waals surface area contributed by atoms with Crippen molar-refractivity contribution in [2.24, 2.45) is 5.92 Å². The molecule has 0 unspecified atom stereocenters. The standard InChI is InChI=1S/C13H19NO3/c1-9(2)8-14(3)13(16)10-5-6-12(17-4)11(15)7-10/h5-7,9,15H,8H2,1-4H3. The third-order valence-corrected chi connectivity index (χ3v) is 2.41. The molecule has 1 rings (SSSR count). The lowest BCUT2D eigenvalue weighted by molar-refractivity contribution is 0.0778. The summed E-state index contributed by atoms with van der Waals surface area (Å²) in [5.74, 6) is 0.664. The number of amides is 1. The number of phenolic OH excluding ortho intramolecular Hbond substituents is 1. The molecule has 0 saturated carbocycles. The first-order chi connectivity index (χ1) is 7.95. The van der Waals surface area contributed by atoms with Crippen LogP contribution < -0.4 is 4.74 Å². The van der Waals surface area contributed by atoms with E-state index in [1.165, 1.54) is 13.2 Å². The highest BCUT2D eigenvalue weighted by molar-refractivity contribution is 5.94. The minimum Gasteiger partial charge on any atom is -0.504 e. The Hall–Kier alpha value is -1.71. The van der Waals surface area contributed by atoms with Crippen LogP contribution in [0, 0.1) is 5.92 Å². The minimum absolute atomic E-state index is 0.0173. The SMILES string of the molecule is COc1ccc(C(=O)N(C)CC(C)C)cc1O. The van der Waals surface area contributed by atoms with Gasteiger partial charge in [-0.2, -0.15) is 0 Å². The Labute approximate surface area is 102 Å². The van der Waals surface area contributed by atoms with E-state index in [1.54, 1.807) is 24.1 Å². The van der Waals surface area contributed by atoms with Crippen LogP contribution in [0.15, 0.2) is 18.2 Å². The van der Waals surface area contributed by atoms with Crippen LogP contribution in [0.2, 0.25) is 0 Å². The highest BCUT2D eigenvalue weighted by Crippen LogP contribution is 2.26. The van der Waals surface area contributed by atoms with Crippen LogP contribution in [0.4, 0.5) is 0 Å². The summed E-state index contributed by atoms with van der Waals surface area (Å²) in [5, 5.41) is 9.61. The van der Waals surface area contributed by atoms with Gasteiger partial charge in [0.2, 0.25) is 0 Å². The molecule has 0 radical (unpaired) electrons. The Morgan fingerprint density at radius 1 is 1.47 bits per heavy atom. The van der Waals surface area contributed by atoms with Crippen molar-refractivity contribution in [2.75, 3.05) is 20.7 Å². The summed E-state index contributed by atoms with van der Waals surface area (Å²) in [5.41, 5.74) is 0.464. The average molecular weight is 237 g/mol. The van der Waals surface area contributed by atoms with Crippen molar-refractivity contribution >= 4 is 5.91 Å². The molecule has 94 valence electrons. The Balaban J connectivity index is 2.86. The summed E-state index contributed by atoms with van der Waals surface area (Å²) in [7, 11) is 3.23. The number of rotatable bonds is 4. The third-order valence-electron chi connectivity index (χ3n) is 2.41. The molecule has 0 aromatic heterocycles. The van der Waals surface area contributed by atoms with Crippen LogP contribution in [-0.4, -0.2) is 36.6 Å². The Kier molecular flexibility index (Phi) is 4.37. The second-order valence-electron chi connectivity index (χ2n) is 4.47. The monoisotopic (exact) mass is 237 g/mol. The van der Waals surface area contributed by atoms with E-state index in [-0.39, 0.29) is 11.7 Å². The molecular formula is C13H19NO3. The quantitative estimate of drug-likeness (QED) is 0.872. The molecule has 1 aromatic carbocycles. The van der Waals surface area contributed by atoms with Crippen molar-refractivity contribution in [3.05, 3.63) is 23.8 Å². The number of phenols is 1. The number of methoxy groups -OCH3 is 1. The van der Waals surface area contributed by atoms with Crippen LogP contribution in [0.1, 0.15) is 24.2 Å². The molecule has 0 fully saturated rings. The summed E-state index contributed by atoms with van der Waals surface area (Å²) in [4.78, 5) is 13.7. The van der Waals surface area contributed by atoms with Gasteiger partial charge < -0.3 is 14.7 Å². The van der Waals surface area contributed by atoms with E-state index in [4.69, 9.17) is 4.74 Å². The fourth-order valence-corrected chi connectivity index (χ4v) is 1.67. The number of ether oxygens (including phenoxy) is 1. The zero-order chi connectivity index (χ0) is 13.0. The highest BCUT2D eigenvalue weighted by atomic mass is 16.5. The molecule has 1 amide bonds. The number of hydrogen-bond acceptors (Lipinski definition) is 3. The molecule has 0 atom stereocenters. The first-order valence-electron chi connectivity index (χ1n) is 5.58. The van der Waals surface area contributed by atoms with Gasteiger partial charge in [0.25, 0.3) is 5.91 Å². The lowest BCUT2D eigenvalue weighted by Crippen LogP contribution is -2.30. The number of nitrogens with zero attached hydrogens (tertiary/aromatic N) is 1. The molecule has 0 aliphatic heterocycles. The summed E-state index contributed by atoms with van der Waals surface area (Å²) < 4.78 is 4.93. The smallest absolute Gasteiger partial charge is 0.253 e. The molecule has 1 aromatic rings. The lowest BCUT2D eigenvalue weighted by Gasteiger charge is -2.19. The molecule has 0 aliphatic rings. The van der Waals surface area contributed by atoms with Crippen molar-refractivity contribution in [3.63, 3.8) is 0 Å². The molecule has 4 nitrogen and oxygen atoms in total. The summed E-state index contributed by atoms with van der Waals surface area (Å²) in [6, 6.07) is 4.67. The van der Waals surface area contributed by atoms with Crippen molar-refractivity contribution in [2.45, 2.75) is 13.8 Å². The summed E-state index contributed by atoms with van der Waals surface area (Å²) in [6.07, 6.45) is 0. The Bertz CT molecular complexity index is 402. The Morgan fingerprint density at radius 2 is 2.12 bits per heavy atom. The molecule has 0 heterocycles. The molecule has 0 bridgehead atoms. The minimum atomic E-state index is -0.100. The summed E-state index contributed by atoms with van der Waals surface area (Å²) >= 11 is 0. The van der Waals surface area contributed by atoms with Crippen LogP contribution in [0.25, 0.3) is 0 Å². The highest BCUT2D eigenvalue weighted by Gasteiger charge is 2.14. The second kappa shape index (κ2) is 5.57. The van der Waals surface area contributed by atoms with Gasteiger partial charge in [-0.15, -0.1) is 0 Å². The maximum Gasteiger partial charge on any atom is 0.253 e. The predicted octanol–water partition coefficient (Wildman–Crippen LogP) is 2.13. The maximum atomic E-state index is 12.0. The van der Waals surface area contributed by atoms with Crippen LogP contribution in [0.5, 0.6) is 11.5 Å². The molecule has 0 saturated heterocycles. The van der Waals surface area contributed by atoms with Gasteiger partial charge in [-0.3, -0.25) is 4.79 Å². The lowest BCUT2D eigenvalue weighted by atomic mass is 10.1. The van der Waals surface area contributed by atoms with Gasteiger partial charge in [0.05, 0.1) is 7.11 Å². The van der Waals surface area contributed by atoms with E-state index in [9.17, 15) is 9.90 Å². The zero-order valence-electron chi connectivity index (χ0n) is 10.7. The van der Waals surface area contributed by atoms with Gasteiger partial charge in [-0.1, -0.05) is 13.8 Å². The molecule has 1 N–H and O–H groups in total. The van der Waals surface area contributed by atoms with Crippen molar-refractivity contribution in [1.29, 1.82) is 0 Å². The van der Waals surface area contributed by atoms with Gasteiger partial charge in [-0.05, 0) is 24.1 Å². The van der Waals surface area contributed by atoms with E-state index in [0.717, 1.165) is 0 Å². The van der Waals surface area contributed by atoms with Gasteiger partial charge in [0.1, 0.15) is 0 Å². The number of aromatic hydroxyl groups is 1. The number of carbonyl (C=O) groups is 1. The van der Waals surface area contributed by atoms with Crippen molar-refractivity contribution in [1.82, 2.24) is 4.90 Å². The summed E-state index contributed by atoms with van der Waals surface area (Å²) in [6.45, 7) is 4.79. The normalized spacial score (nSPS) is 10.4. The second-order valence-corrected chi connectivity index (χ2v) is 4.47. The predicted molar refractivity (Wildman–Crippen MR) is 66.5 cm³/mol. The van der Waals surface area contributed by atoms with Gasteiger partial charge in [-0.25, -0.2) is 0 Å². The molecule has 0 aliphatic carbocycles. The third kappa shape index (κ3) is 3.37. The van der Waals surface area contributed by atoms with Gasteiger partial charge in [0, 0.05) is 19.2 Å². The average Bonchev–Trinajstić information content (AvgIpc) is 2.27. The molecule has 17 heavy (non-hydrogen) atoms. The van der Waals surface area contributed by atoms with Crippen LogP contribution >= 0.6 is 0 Å². The maximum absolute atomic E-state index is 12.0. The van der Waals surface area contributed by atoms with E-state index < -0.39 is 0 Å². The number of carbonyl (C=O) groups excluding carboxylic acids is 1. The van der Waals surface area contributed by atoms with E-state index in [0.29, 0.717) is 23.8 Å². The van der Waals surface area contributed by atoms with E-state index >= 15 is 0 Å².